The molecule has 31 heavy (non-hydrogen) atoms. The van der Waals surface area contributed by atoms with Gasteiger partial charge in [0.2, 0.25) is 11.8 Å². The smallest absolute Gasteiger partial charge is 0.238 e. The largest absolute Gasteiger partial charge is 0.325 e. The number of para-hydroxylation sites is 2. The number of rotatable bonds is 9. The molecule has 1 heterocycles. The molecule has 1 saturated heterocycles. The Bertz CT molecular complexity index is 912. The maximum Gasteiger partial charge on any atom is 0.238 e. The van der Waals surface area contributed by atoms with Crippen molar-refractivity contribution in [3.8, 4) is 0 Å². The minimum atomic E-state index is -0.153. The summed E-state index contributed by atoms with van der Waals surface area (Å²) in [6, 6.07) is 16.1. The Morgan fingerprint density at radius 2 is 1.84 bits per heavy atom. The van der Waals surface area contributed by atoms with E-state index in [4.69, 9.17) is 0 Å². The van der Waals surface area contributed by atoms with E-state index in [9.17, 15) is 9.59 Å². The van der Waals surface area contributed by atoms with Crippen LogP contribution in [0.3, 0.4) is 0 Å². The Morgan fingerprint density at radius 3 is 2.55 bits per heavy atom. The second kappa shape index (κ2) is 10.9. The normalized spacial score (nSPS) is 17.3. The average Bonchev–Trinajstić information content (AvgIpc) is 3.15. The number of anilines is 2. The van der Waals surface area contributed by atoms with Gasteiger partial charge in [0.25, 0.3) is 0 Å². The molecule has 0 aromatic heterocycles. The first-order valence-electron chi connectivity index (χ1n) is 11.4. The SMILES string of the molecule is CCCC[C@H](CC)C(=O)Nc1ccccc1[C@@H]1SCC(=O)N1c1ccccc1C(C)C. The Hall–Kier alpha value is -2.27. The highest BCUT2D eigenvalue weighted by Crippen LogP contribution is 2.46. The monoisotopic (exact) mass is 438 g/mol. The van der Waals surface area contributed by atoms with Gasteiger partial charge in [0, 0.05) is 22.9 Å². The Morgan fingerprint density at radius 1 is 1.13 bits per heavy atom. The lowest BCUT2D eigenvalue weighted by Gasteiger charge is -2.29. The summed E-state index contributed by atoms with van der Waals surface area (Å²) in [7, 11) is 0. The number of carbonyl (C=O) groups is 2. The molecular weight excluding hydrogens is 404 g/mol. The molecule has 2 atom stereocenters. The minimum absolute atomic E-state index is 0.0173. The number of thioether (sulfide) groups is 1. The molecule has 4 nitrogen and oxygen atoms in total. The van der Waals surface area contributed by atoms with Gasteiger partial charge in [-0.3, -0.25) is 14.5 Å². The maximum absolute atomic E-state index is 13.0. The molecule has 1 aliphatic rings. The highest BCUT2D eigenvalue weighted by molar-refractivity contribution is 8.00. The van der Waals surface area contributed by atoms with Crippen molar-refractivity contribution in [2.45, 2.75) is 64.7 Å². The van der Waals surface area contributed by atoms with Crippen LogP contribution in [0.2, 0.25) is 0 Å². The molecule has 0 spiro atoms. The quantitative estimate of drug-likeness (QED) is 0.471. The number of unbranched alkanes of at least 4 members (excludes halogenated alkanes) is 1. The molecule has 166 valence electrons. The number of amides is 2. The van der Waals surface area contributed by atoms with Gasteiger partial charge in [0.1, 0.15) is 5.37 Å². The lowest BCUT2D eigenvalue weighted by molar-refractivity contribution is -0.120. The van der Waals surface area contributed by atoms with Crippen LogP contribution in [-0.4, -0.2) is 17.6 Å². The van der Waals surface area contributed by atoms with Crippen LogP contribution in [-0.2, 0) is 9.59 Å². The summed E-state index contributed by atoms with van der Waals surface area (Å²) in [6.45, 7) is 8.52. The van der Waals surface area contributed by atoms with Crippen molar-refractivity contribution in [3.63, 3.8) is 0 Å². The third-order valence-electron chi connectivity index (χ3n) is 5.94. The molecule has 1 fully saturated rings. The summed E-state index contributed by atoms with van der Waals surface area (Å²) >= 11 is 1.62. The highest BCUT2D eigenvalue weighted by atomic mass is 32.2. The lowest BCUT2D eigenvalue weighted by Crippen LogP contribution is -2.30. The van der Waals surface area contributed by atoms with Crippen molar-refractivity contribution >= 4 is 35.0 Å². The number of hydrogen-bond donors (Lipinski definition) is 1. The first-order valence-corrected chi connectivity index (χ1v) is 12.4. The van der Waals surface area contributed by atoms with Crippen molar-refractivity contribution in [1.29, 1.82) is 0 Å². The summed E-state index contributed by atoms with van der Waals surface area (Å²) in [5.41, 5.74) is 3.92. The molecule has 3 rings (SSSR count). The van der Waals surface area contributed by atoms with E-state index in [1.54, 1.807) is 11.8 Å². The molecule has 0 aliphatic carbocycles. The predicted molar refractivity (Wildman–Crippen MR) is 132 cm³/mol. The van der Waals surface area contributed by atoms with Crippen molar-refractivity contribution in [2.24, 2.45) is 5.92 Å². The molecule has 0 radical (unpaired) electrons. The van der Waals surface area contributed by atoms with Gasteiger partial charge in [-0.25, -0.2) is 0 Å². The predicted octanol–water partition coefficient (Wildman–Crippen LogP) is 6.74. The van der Waals surface area contributed by atoms with E-state index >= 15 is 0 Å². The van der Waals surface area contributed by atoms with Gasteiger partial charge in [0.05, 0.1) is 5.75 Å². The third kappa shape index (κ3) is 5.32. The molecular formula is C26H34N2O2S. The fourth-order valence-corrected chi connectivity index (χ4v) is 5.35. The van der Waals surface area contributed by atoms with E-state index in [2.05, 4.69) is 39.1 Å². The van der Waals surface area contributed by atoms with E-state index in [0.29, 0.717) is 11.7 Å². The summed E-state index contributed by atoms with van der Waals surface area (Å²) in [5, 5.41) is 3.03. The van der Waals surface area contributed by atoms with Gasteiger partial charge < -0.3 is 5.32 Å². The number of carbonyl (C=O) groups excluding carboxylic acids is 2. The summed E-state index contributed by atoms with van der Waals surface area (Å²) in [6.07, 6.45) is 3.88. The number of nitrogens with zero attached hydrogens (tertiary/aromatic N) is 1. The van der Waals surface area contributed by atoms with Gasteiger partial charge in [-0.2, -0.15) is 0 Å². The summed E-state index contributed by atoms with van der Waals surface area (Å²) in [4.78, 5) is 27.9. The van der Waals surface area contributed by atoms with Crippen LogP contribution in [0.5, 0.6) is 0 Å². The minimum Gasteiger partial charge on any atom is -0.325 e. The van der Waals surface area contributed by atoms with E-state index < -0.39 is 0 Å². The van der Waals surface area contributed by atoms with E-state index in [0.717, 1.165) is 48.2 Å². The second-order valence-electron chi connectivity index (χ2n) is 8.46. The zero-order chi connectivity index (χ0) is 22.4. The number of nitrogens with one attached hydrogen (secondary N) is 1. The number of benzene rings is 2. The van der Waals surface area contributed by atoms with Crippen molar-refractivity contribution in [1.82, 2.24) is 0 Å². The van der Waals surface area contributed by atoms with Crippen LogP contribution >= 0.6 is 11.8 Å². The van der Waals surface area contributed by atoms with E-state index in [1.807, 2.05) is 47.4 Å². The average molecular weight is 439 g/mol. The van der Waals surface area contributed by atoms with Crippen LogP contribution in [0.15, 0.2) is 48.5 Å². The Balaban J connectivity index is 1.92. The van der Waals surface area contributed by atoms with Crippen LogP contribution in [0, 0.1) is 5.92 Å². The van der Waals surface area contributed by atoms with Crippen LogP contribution in [0.1, 0.15) is 75.8 Å². The second-order valence-corrected chi connectivity index (χ2v) is 9.53. The summed E-state index contributed by atoms with van der Waals surface area (Å²) in [5.74, 6) is 0.955. The number of hydrogen-bond acceptors (Lipinski definition) is 3. The molecule has 0 unspecified atom stereocenters. The topological polar surface area (TPSA) is 49.4 Å². The van der Waals surface area contributed by atoms with Gasteiger partial charge in [0.15, 0.2) is 0 Å². The molecule has 5 heteroatoms. The molecule has 1 N–H and O–H groups in total. The molecule has 0 saturated carbocycles. The fraction of sp³-hybridized carbons (Fsp3) is 0.462. The van der Waals surface area contributed by atoms with Crippen LogP contribution in [0.4, 0.5) is 11.4 Å². The van der Waals surface area contributed by atoms with Crippen molar-refractivity contribution < 1.29 is 9.59 Å². The van der Waals surface area contributed by atoms with E-state index in [1.165, 1.54) is 0 Å². The first kappa shape index (κ1) is 23.4. The molecule has 2 aromatic carbocycles. The van der Waals surface area contributed by atoms with Gasteiger partial charge in [-0.15, -0.1) is 11.8 Å². The Kier molecular flexibility index (Phi) is 8.19. The van der Waals surface area contributed by atoms with Gasteiger partial charge >= 0.3 is 0 Å². The highest BCUT2D eigenvalue weighted by Gasteiger charge is 2.36. The van der Waals surface area contributed by atoms with Crippen LogP contribution < -0.4 is 10.2 Å². The molecule has 0 bridgehead atoms. The van der Waals surface area contributed by atoms with Gasteiger partial charge in [-0.1, -0.05) is 76.9 Å². The lowest BCUT2D eigenvalue weighted by atomic mass is 9.98. The van der Waals surface area contributed by atoms with Crippen LogP contribution in [0.25, 0.3) is 0 Å². The van der Waals surface area contributed by atoms with Gasteiger partial charge in [-0.05, 0) is 36.5 Å². The third-order valence-corrected chi connectivity index (χ3v) is 7.13. The molecule has 1 aliphatic heterocycles. The fourth-order valence-electron chi connectivity index (χ4n) is 4.14. The van der Waals surface area contributed by atoms with Crippen molar-refractivity contribution in [2.75, 3.05) is 16.0 Å². The molecule has 2 aromatic rings. The zero-order valence-corrected chi connectivity index (χ0v) is 19.9. The first-order chi connectivity index (χ1) is 15.0. The zero-order valence-electron chi connectivity index (χ0n) is 19.1. The van der Waals surface area contributed by atoms with Crippen molar-refractivity contribution in [3.05, 3.63) is 59.7 Å². The molecule has 2 amide bonds. The summed E-state index contributed by atoms with van der Waals surface area (Å²) < 4.78 is 0. The maximum atomic E-state index is 13.0. The standard InChI is InChI=1S/C26H34N2O2S/c1-5-7-12-19(6-2)25(30)27-22-15-10-8-14-21(22)26-28(24(29)17-31-26)23-16-11-9-13-20(23)18(3)4/h8-11,13-16,18-19,26H,5-7,12,17H2,1-4H3,(H,27,30)/t19-,26-/m0/s1. The van der Waals surface area contributed by atoms with E-state index in [-0.39, 0.29) is 23.1 Å². The Labute approximate surface area is 190 Å².